The van der Waals surface area contributed by atoms with Crippen LogP contribution in [-0.4, -0.2) is 24.3 Å². The molecule has 3 heteroatoms. The lowest BCUT2D eigenvalue weighted by atomic mass is 10.0. The second-order valence-electron chi connectivity index (χ2n) is 3.27. The Bertz CT molecular complexity index is 308. The second kappa shape index (κ2) is 2.66. The molecule has 0 aliphatic carbocycles. The molecule has 0 aromatic carbocycles. The molecule has 0 fully saturated rings. The topological polar surface area (TPSA) is 37.1 Å². The second-order valence-corrected chi connectivity index (χ2v) is 3.27. The molecule has 2 heterocycles. The van der Waals surface area contributed by atoms with Crippen LogP contribution in [0.15, 0.2) is 26.8 Å². The van der Waals surface area contributed by atoms with Crippen LogP contribution in [0.5, 0.6) is 0 Å². The first-order valence-corrected chi connectivity index (χ1v) is 4.12. The van der Waals surface area contributed by atoms with Crippen molar-refractivity contribution in [3.8, 4) is 0 Å². The number of fused-ring (bicyclic) bond motifs is 1. The molecule has 0 amide bonds. The van der Waals surface area contributed by atoms with Gasteiger partial charge in [0.25, 0.3) is 0 Å². The Morgan fingerprint density at radius 3 is 3.00 bits per heavy atom. The Morgan fingerprint density at radius 1 is 1.42 bits per heavy atom. The third-order valence-electron chi connectivity index (χ3n) is 2.00. The minimum Gasteiger partial charge on any atom is -0.259 e. The third kappa shape index (κ3) is 1.11. The zero-order valence-electron chi connectivity index (χ0n) is 7.23. The lowest BCUT2D eigenvalue weighted by molar-refractivity contribution is 0.749. The zero-order valence-corrected chi connectivity index (χ0v) is 7.23. The van der Waals surface area contributed by atoms with Gasteiger partial charge in [-0.25, -0.2) is 4.99 Å². The molecule has 2 aliphatic heterocycles. The predicted octanol–water partition coefficient (Wildman–Crippen LogP) is 1.46. The van der Waals surface area contributed by atoms with Gasteiger partial charge < -0.3 is 0 Å². The van der Waals surface area contributed by atoms with E-state index in [2.05, 4.69) is 34.9 Å². The van der Waals surface area contributed by atoms with E-state index < -0.39 is 0 Å². The molecule has 0 aromatic heterocycles. The number of aliphatic imine (C=N–C) groups is 3. The van der Waals surface area contributed by atoms with Crippen molar-refractivity contribution in [1.82, 2.24) is 0 Å². The molecule has 1 unspecified atom stereocenters. The maximum absolute atomic E-state index is 4.30. The summed E-state index contributed by atoms with van der Waals surface area (Å²) in [5.41, 5.74) is 2.07. The van der Waals surface area contributed by atoms with Gasteiger partial charge in [0.05, 0.1) is 11.9 Å². The normalized spacial score (nSPS) is 25.8. The highest BCUT2D eigenvalue weighted by Gasteiger charge is 2.19. The molecule has 0 saturated carbocycles. The van der Waals surface area contributed by atoms with Crippen molar-refractivity contribution in [2.45, 2.75) is 19.9 Å². The average Bonchev–Trinajstić information content (AvgIpc) is 2.49. The quantitative estimate of drug-likeness (QED) is 0.558. The summed E-state index contributed by atoms with van der Waals surface area (Å²) in [6.45, 7) is 4.26. The van der Waals surface area contributed by atoms with Gasteiger partial charge in [-0.1, -0.05) is 13.8 Å². The maximum atomic E-state index is 4.30. The first-order chi connectivity index (χ1) is 5.77. The van der Waals surface area contributed by atoms with Gasteiger partial charge in [0.1, 0.15) is 12.4 Å². The number of rotatable bonds is 1. The van der Waals surface area contributed by atoms with Gasteiger partial charge in [0, 0.05) is 5.70 Å². The summed E-state index contributed by atoms with van der Waals surface area (Å²) in [4.78, 5) is 12.6. The standard InChI is InChI=1S/C9H11N3/c1-6(2)7-3-8-9(4-10-7)12-5-11-8/h3-6,8H,1-2H3. The van der Waals surface area contributed by atoms with E-state index in [0.29, 0.717) is 5.92 Å². The molecule has 0 radical (unpaired) electrons. The van der Waals surface area contributed by atoms with E-state index in [-0.39, 0.29) is 6.04 Å². The molecule has 2 aliphatic rings. The molecule has 62 valence electrons. The van der Waals surface area contributed by atoms with E-state index in [0.717, 1.165) is 11.4 Å². The lowest BCUT2D eigenvalue weighted by Crippen LogP contribution is -2.19. The van der Waals surface area contributed by atoms with Crippen LogP contribution in [0.2, 0.25) is 0 Å². The Hall–Kier alpha value is -1.25. The van der Waals surface area contributed by atoms with Crippen LogP contribution < -0.4 is 0 Å². The highest BCUT2D eigenvalue weighted by molar-refractivity contribution is 6.37. The molecular weight excluding hydrogens is 150 g/mol. The van der Waals surface area contributed by atoms with Gasteiger partial charge in [0.2, 0.25) is 0 Å². The van der Waals surface area contributed by atoms with Crippen LogP contribution >= 0.6 is 0 Å². The molecule has 2 rings (SSSR count). The van der Waals surface area contributed by atoms with Crippen molar-refractivity contribution in [1.29, 1.82) is 0 Å². The number of hydrogen-bond acceptors (Lipinski definition) is 3. The van der Waals surface area contributed by atoms with Crippen molar-refractivity contribution in [3.63, 3.8) is 0 Å². The summed E-state index contributed by atoms with van der Waals surface area (Å²) in [5, 5.41) is 0. The summed E-state index contributed by atoms with van der Waals surface area (Å²) >= 11 is 0. The lowest BCUT2D eigenvalue weighted by Gasteiger charge is -2.13. The monoisotopic (exact) mass is 161 g/mol. The molecule has 0 bridgehead atoms. The van der Waals surface area contributed by atoms with Gasteiger partial charge in [-0.2, -0.15) is 0 Å². The summed E-state index contributed by atoms with van der Waals surface area (Å²) in [7, 11) is 0. The fourth-order valence-electron chi connectivity index (χ4n) is 1.25. The zero-order chi connectivity index (χ0) is 8.55. The maximum Gasteiger partial charge on any atom is 0.115 e. The Morgan fingerprint density at radius 2 is 2.25 bits per heavy atom. The molecule has 0 saturated heterocycles. The predicted molar refractivity (Wildman–Crippen MR) is 51.1 cm³/mol. The smallest absolute Gasteiger partial charge is 0.115 e. The van der Waals surface area contributed by atoms with Crippen LogP contribution in [0.1, 0.15) is 13.8 Å². The Kier molecular flexibility index (Phi) is 1.64. The molecule has 3 nitrogen and oxygen atoms in total. The molecule has 0 spiro atoms. The van der Waals surface area contributed by atoms with Gasteiger partial charge in [-0.05, 0) is 12.0 Å². The van der Waals surface area contributed by atoms with Crippen molar-refractivity contribution >= 4 is 18.3 Å². The van der Waals surface area contributed by atoms with E-state index in [1.807, 2.05) is 6.21 Å². The fourth-order valence-corrected chi connectivity index (χ4v) is 1.25. The molecule has 0 aromatic rings. The van der Waals surface area contributed by atoms with Crippen LogP contribution in [0.4, 0.5) is 0 Å². The molecule has 1 atom stereocenters. The van der Waals surface area contributed by atoms with Crippen molar-refractivity contribution < 1.29 is 0 Å². The minimum atomic E-state index is 0.139. The van der Waals surface area contributed by atoms with Crippen molar-refractivity contribution in [3.05, 3.63) is 11.8 Å². The highest BCUT2D eigenvalue weighted by atomic mass is 15.0. The van der Waals surface area contributed by atoms with E-state index >= 15 is 0 Å². The number of nitrogens with zero attached hydrogens (tertiary/aromatic N) is 3. The van der Waals surface area contributed by atoms with E-state index in [4.69, 9.17) is 0 Å². The van der Waals surface area contributed by atoms with Crippen LogP contribution in [0.3, 0.4) is 0 Å². The summed E-state index contributed by atoms with van der Waals surface area (Å²) in [5.74, 6) is 0.471. The first kappa shape index (κ1) is 7.40. The van der Waals surface area contributed by atoms with E-state index in [1.165, 1.54) is 0 Å². The summed E-state index contributed by atoms with van der Waals surface area (Å²) < 4.78 is 0. The van der Waals surface area contributed by atoms with Crippen molar-refractivity contribution in [2.24, 2.45) is 20.9 Å². The first-order valence-electron chi connectivity index (χ1n) is 4.12. The molecule has 0 N–H and O–H groups in total. The fraction of sp³-hybridized carbons (Fsp3) is 0.444. The number of hydrogen-bond donors (Lipinski definition) is 0. The van der Waals surface area contributed by atoms with Gasteiger partial charge in [-0.15, -0.1) is 0 Å². The Balaban J connectivity index is 2.28. The largest absolute Gasteiger partial charge is 0.259 e. The Labute approximate surface area is 71.6 Å². The minimum absolute atomic E-state index is 0.139. The van der Waals surface area contributed by atoms with Crippen molar-refractivity contribution in [2.75, 3.05) is 0 Å². The van der Waals surface area contributed by atoms with Gasteiger partial charge >= 0.3 is 0 Å². The third-order valence-corrected chi connectivity index (χ3v) is 2.00. The molecular formula is C9H11N3. The van der Waals surface area contributed by atoms with Crippen LogP contribution in [-0.2, 0) is 0 Å². The summed E-state index contributed by atoms with van der Waals surface area (Å²) in [6, 6.07) is 0.139. The summed E-state index contributed by atoms with van der Waals surface area (Å²) in [6.07, 6.45) is 5.49. The number of allylic oxidation sites excluding steroid dienone is 1. The van der Waals surface area contributed by atoms with E-state index in [9.17, 15) is 0 Å². The van der Waals surface area contributed by atoms with Crippen LogP contribution in [0.25, 0.3) is 0 Å². The van der Waals surface area contributed by atoms with Gasteiger partial charge in [0.15, 0.2) is 0 Å². The van der Waals surface area contributed by atoms with Gasteiger partial charge in [-0.3, -0.25) is 9.98 Å². The average molecular weight is 161 g/mol. The highest BCUT2D eigenvalue weighted by Crippen LogP contribution is 2.18. The SMILES string of the molecule is CC(C)C1=CC2N=CN=C2C=N1. The van der Waals surface area contributed by atoms with Crippen LogP contribution in [0, 0.1) is 5.92 Å². The molecule has 12 heavy (non-hydrogen) atoms. The van der Waals surface area contributed by atoms with E-state index in [1.54, 1.807) is 6.34 Å².